The maximum absolute atomic E-state index is 12.2. The van der Waals surface area contributed by atoms with Gasteiger partial charge in [0.1, 0.15) is 5.15 Å². The highest BCUT2D eigenvalue weighted by atomic mass is 35.5. The average Bonchev–Trinajstić information content (AvgIpc) is 3.04. The zero-order valence-electron chi connectivity index (χ0n) is 16.1. The van der Waals surface area contributed by atoms with E-state index in [1.54, 1.807) is 30.8 Å². The molecule has 0 N–H and O–H groups in total. The van der Waals surface area contributed by atoms with Crippen molar-refractivity contribution in [3.8, 4) is 5.69 Å². The van der Waals surface area contributed by atoms with Crippen LogP contribution in [-0.2, 0) is 14.3 Å². The van der Waals surface area contributed by atoms with Gasteiger partial charge in [0, 0.05) is 24.4 Å². The fourth-order valence-corrected chi connectivity index (χ4v) is 3.00. The quantitative estimate of drug-likeness (QED) is 0.455. The van der Waals surface area contributed by atoms with Gasteiger partial charge in [-0.2, -0.15) is 5.10 Å². The third kappa shape index (κ3) is 4.92. The van der Waals surface area contributed by atoms with Gasteiger partial charge in [-0.1, -0.05) is 48.0 Å². The van der Waals surface area contributed by atoms with E-state index >= 15 is 0 Å². The molecule has 148 valence electrons. The van der Waals surface area contributed by atoms with Crippen LogP contribution < -0.4 is 4.90 Å². The molecule has 0 fully saturated rings. The van der Waals surface area contributed by atoms with E-state index in [4.69, 9.17) is 16.3 Å². The lowest BCUT2D eigenvalue weighted by atomic mass is 10.2. The number of amides is 1. The SMILES string of the molecule is Cc1nn(-c2ccccc2)c(Cl)c1/C=C/C(=O)OCC(=O)N(C)c1ccccc1. The average molecular weight is 410 g/mol. The van der Waals surface area contributed by atoms with Crippen LogP contribution in [0.4, 0.5) is 5.69 Å². The van der Waals surface area contributed by atoms with Crippen molar-refractivity contribution in [1.29, 1.82) is 0 Å². The van der Waals surface area contributed by atoms with E-state index < -0.39 is 5.97 Å². The number of aryl methyl sites for hydroxylation is 1. The molecule has 0 radical (unpaired) electrons. The third-order valence-electron chi connectivity index (χ3n) is 4.29. The van der Waals surface area contributed by atoms with Crippen LogP contribution in [-0.4, -0.2) is 35.3 Å². The van der Waals surface area contributed by atoms with Crippen molar-refractivity contribution < 1.29 is 14.3 Å². The van der Waals surface area contributed by atoms with Crippen LogP contribution in [0.1, 0.15) is 11.3 Å². The monoisotopic (exact) mass is 409 g/mol. The maximum Gasteiger partial charge on any atom is 0.331 e. The Bertz CT molecular complexity index is 1030. The van der Waals surface area contributed by atoms with Crippen molar-refractivity contribution in [3.63, 3.8) is 0 Å². The van der Waals surface area contributed by atoms with E-state index in [9.17, 15) is 9.59 Å². The largest absolute Gasteiger partial charge is 0.452 e. The molecule has 1 amide bonds. The van der Waals surface area contributed by atoms with Gasteiger partial charge in [0.05, 0.1) is 11.4 Å². The number of halogens is 1. The van der Waals surface area contributed by atoms with Crippen molar-refractivity contribution in [2.75, 3.05) is 18.6 Å². The van der Waals surface area contributed by atoms with Gasteiger partial charge < -0.3 is 9.64 Å². The highest BCUT2D eigenvalue weighted by molar-refractivity contribution is 6.31. The van der Waals surface area contributed by atoms with E-state index in [1.165, 1.54) is 17.1 Å². The number of likely N-dealkylation sites (N-methyl/N-ethyl adjacent to an activating group) is 1. The predicted molar refractivity (Wildman–Crippen MR) is 113 cm³/mol. The van der Waals surface area contributed by atoms with Crippen molar-refractivity contribution >= 4 is 35.2 Å². The highest BCUT2D eigenvalue weighted by Gasteiger charge is 2.14. The number of para-hydroxylation sites is 2. The lowest BCUT2D eigenvalue weighted by Crippen LogP contribution is -2.30. The first-order chi connectivity index (χ1) is 14.0. The first-order valence-electron chi connectivity index (χ1n) is 8.94. The summed E-state index contributed by atoms with van der Waals surface area (Å²) < 4.78 is 6.65. The van der Waals surface area contributed by atoms with Crippen LogP contribution in [0.2, 0.25) is 5.15 Å². The molecular weight excluding hydrogens is 390 g/mol. The summed E-state index contributed by atoms with van der Waals surface area (Å²) in [5, 5.41) is 4.80. The molecule has 0 atom stereocenters. The fourth-order valence-electron chi connectivity index (χ4n) is 2.67. The minimum absolute atomic E-state index is 0.330. The Morgan fingerprint density at radius 2 is 1.72 bits per heavy atom. The number of benzene rings is 2. The molecule has 29 heavy (non-hydrogen) atoms. The number of anilines is 1. The lowest BCUT2D eigenvalue weighted by Gasteiger charge is -2.16. The van der Waals surface area contributed by atoms with Crippen molar-refractivity contribution in [1.82, 2.24) is 9.78 Å². The second-order valence-corrected chi connectivity index (χ2v) is 6.62. The van der Waals surface area contributed by atoms with E-state index in [1.807, 2.05) is 48.5 Å². The fraction of sp³-hybridized carbons (Fsp3) is 0.136. The number of hydrogen-bond acceptors (Lipinski definition) is 4. The first-order valence-corrected chi connectivity index (χ1v) is 9.32. The summed E-state index contributed by atoms with van der Waals surface area (Å²) in [7, 11) is 1.63. The first kappa shape index (κ1) is 20.4. The highest BCUT2D eigenvalue weighted by Crippen LogP contribution is 2.24. The molecule has 0 aliphatic carbocycles. The van der Waals surface area contributed by atoms with E-state index in [2.05, 4.69) is 5.10 Å². The number of rotatable bonds is 6. The predicted octanol–water partition coefficient (Wildman–Crippen LogP) is 4.05. The molecule has 0 saturated carbocycles. The molecular formula is C22H20ClN3O3. The molecule has 0 aliphatic heterocycles. The summed E-state index contributed by atoms with van der Waals surface area (Å²) >= 11 is 6.42. The lowest BCUT2D eigenvalue weighted by molar-refractivity contribution is -0.142. The number of esters is 1. The van der Waals surface area contributed by atoms with Crippen LogP contribution in [0.5, 0.6) is 0 Å². The number of carbonyl (C=O) groups excluding carboxylic acids is 2. The molecule has 3 rings (SSSR count). The minimum Gasteiger partial charge on any atom is -0.452 e. The molecule has 0 aliphatic rings. The topological polar surface area (TPSA) is 64.4 Å². The van der Waals surface area contributed by atoms with Gasteiger partial charge in [-0.3, -0.25) is 4.79 Å². The van der Waals surface area contributed by atoms with Crippen LogP contribution in [0.25, 0.3) is 11.8 Å². The summed E-state index contributed by atoms with van der Waals surface area (Å²) in [5.41, 5.74) is 2.82. The minimum atomic E-state index is -0.636. The van der Waals surface area contributed by atoms with E-state index in [0.29, 0.717) is 16.4 Å². The van der Waals surface area contributed by atoms with Crippen LogP contribution in [0.15, 0.2) is 66.7 Å². The summed E-state index contributed by atoms with van der Waals surface area (Å²) in [4.78, 5) is 25.6. The molecule has 0 bridgehead atoms. The number of aromatic nitrogens is 2. The Morgan fingerprint density at radius 3 is 2.38 bits per heavy atom. The standard InChI is InChI=1S/C22H20ClN3O3/c1-16-19(22(23)26(24-16)18-11-7-4-8-12-18)13-14-21(28)29-15-20(27)25(2)17-9-5-3-6-10-17/h3-14H,15H2,1-2H3/b14-13+. The number of carbonyl (C=O) groups is 2. The van der Waals surface area contributed by atoms with Gasteiger partial charge in [-0.15, -0.1) is 0 Å². The summed E-state index contributed by atoms with van der Waals surface area (Å²) in [6.07, 6.45) is 2.78. The maximum atomic E-state index is 12.2. The second kappa shape index (κ2) is 9.21. The molecule has 3 aromatic rings. The smallest absolute Gasteiger partial charge is 0.331 e. The third-order valence-corrected chi connectivity index (χ3v) is 4.65. The van der Waals surface area contributed by atoms with E-state index in [-0.39, 0.29) is 12.5 Å². The molecule has 6 nitrogen and oxygen atoms in total. The van der Waals surface area contributed by atoms with Gasteiger partial charge >= 0.3 is 5.97 Å². The van der Waals surface area contributed by atoms with Crippen LogP contribution in [0, 0.1) is 6.92 Å². The Morgan fingerprint density at radius 1 is 1.10 bits per heavy atom. The molecule has 0 spiro atoms. The Kier molecular flexibility index (Phi) is 6.46. The van der Waals surface area contributed by atoms with Gasteiger partial charge in [-0.25, -0.2) is 9.48 Å². The Labute approximate surface area is 174 Å². The van der Waals surface area contributed by atoms with Crippen LogP contribution in [0.3, 0.4) is 0 Å². The van der Waals surface area contributed by atoms with E-state index in [0.717, 1.165) is 11.4 Å². The molecule has 0 unspecified atom stereocenters. The molecule has 1 aromatic heterocycles. The van der Waals surface area contributed by atoms with Crippen molar-refractivity contribution in [2.24, 2.45) is 0 Å². The number of hydrogen-bond donors (Lipinski definition) is 0. The summed E-state index contributed by atoms with van der Waals surface area (Å²) in [6.45, 7) is 1.44. The number of ether oxygens (including phenoxy) is 1. The zero-order valence-corrected chi connectivity index (χ0v) is 16.8. The Balaban J connectivity index is 1.62. The van der Waals surface area contributed by atoms with Gasteiger partial charge in [0.2, 0.25) is 0 Å². The molecule has 1 heterocycles. The Hall–Kier alpha value is -3.38. The van der Waals surface area contributed by atoms with Gasteiger partial charge in [-0.05, 0) is 37.3 Å². The second-order valence-electron chi connectivity index (χ2n) is 6.27. The molecule has 2 aromatic carbocycles. The van der Waals surface area contributed by atoms with Crippen LogP contribution >= 0.6 is 11.6 Å². The number of nitrogens with zero attached hydrogens (tertiary/aromatic N) is 3. The zero-order chi connectivity index (χ0) is 20.8. The van der Waals surface area contributed by atoms with Gasteiger partial charge in [0.25, 0.3) is 5.91 Å². The van der Waals surface area contributed by atoms with Crippen molar-refractivity contribution in [2.45, 2.75) is 6.92 Å². The summed E-state index contributed by atoms with van der Waals surface area (Å²) in [6, 6.07) is 18.6. The van der Waals surface area contributed by atoms with Gasteiger partial charge in [0.15, 0.2) is 6.61 Å². The normalized spacial score (nSPS) is 10.9. The molecule has 0 saturated heterocycles. The molecule has 7 heteroatoms. The summed E-state index contributed by atoms with van der Waals surface area (Å²) in [5.74, 6) is -0.966. The van der Waals surface area contributed by atoms with Crippen molar-refractivity contribution in [3.05, 3.63) is 83.2 Å².